The zero-order valence-electron chi connectivity index (χ0n) is 14.9. The van der Waals surface area contributed by atoms with E-state index in [2.05, 4.69) is 4.72 Å². The molecule has 0 aliphatic rings. The Morgan fingerprint density at radius 2 is 1.64 bits per heavy atom. The van der Waals surface area contributed by atoms with Crippen LogP contribution in [-0.4, -0.2) is 30.0 Å². The van der Waals surface area contributed by atoms with Crippen molar-refractivity contribution in [3.63, 3.8) is 0 Å². The lowest BCUT2D eigenvalue weighted by Gasteiger charge is -2.16. The Labute approximate surface area is 172 Å². The van der Waals surface area contributed by atoms with E-state index >= 15 is 0 Å². The SMILES string of the molecule is CCOc1ccc(S(=O)(=O)NC[C@@H](c2cccs2)S(=O)(=O)c2cccs2)cc1. The van der Waals surface area contributed by atoms with Crippen molar-refractivity contribution in [1.29, 1.82) is 0 Å². The fourth-order valence-electron chi connectivity index (χ4n) is 2.55. The standard InChI is InChI=1S/C18H19NO5S4/c1-2-24-14-7-9-15(10-8-14)28(22,23)19-13-17(16-5-3-11-25-16)27(20,21)18-6-4-12-26-18/h3-12,17,19H,2,13H2,1H3/t17-/m0/s1. The van der Waals surface area contributed by atoms with Crippen LogP contribution in [0.5, 0.6) is 5.75 Å². The Kier molecular flexibility index (Phi) is 6.56. The van der Waals surface area contributed by atoms with Gasteiger partial charge in [0.05, 0.1) is 11.5 Å². The van der Waals surface area contributed by atoms with Crippen molar-refractivity contribution in [2.75, 3.05) is 13.2 Å². The first-order valence-electron chi connectivity index (χ1n) is 8.38. The third kappa shape index (κ3) is 4.64. The number of hydrogen-bond donors (Lipinski definition) is 1. The molecule has 0 unspecified atom stereocenters. The van der Waals surface area contributed by atoms with Gasteiger partial charge in [-0.25, -0.2) is 21.6 Å². The fraction of sp³-hybridized carbons (Fsp3) is 0.222. The van der Waals surface area contributed by atoms with Gasteiger partial charge in [0.1, 0.15) is 15.2 Å². The molecule has 0 radical (unpaired) electrons. The molecule has 28 heavy (non-hydrogen) atoms. The van der Waals surface area contributed by atoms with Gasteiger partial charge in [-0.15, -0.1) is 22.7 Å². The largest absolute Gasteiger partial charge is 0.494 e. The zero-order valence-corrected chi connectivity index (χ0v) is 18.2. The monoisotopic (exact) mass is 457 g/mol. The maximum absolute atomic E-state index is 13.0. The molecule has 2 aromatic heterocycles. The lowest BCUT2D eigenvalue weighted by molar-refractivity contribution is 0.340. The Morgan fingerprint density at radius 1 is 0.964 bits per heavy atom. The van der Waals surface area contributed by atoms with Crippen LogP contribution < -0.4 is 9.46 Å². The first-order valence-corrected chi connectivity index (χ1v) is 13.2. The molecular weight excluding hydrogens is 438 g/mol. The molecule has 10 heteroatoms. The third-order valence-electron chi connectivity index (χ3n) is 3.91. The number of rotatable bonds is 9. The van der Waals surface area contributed by atoms with Gasteiger partial charge in [-0.05, 0) is 54.1 Å². The van der Waals surface area contributed by atoms with Gasteiger partial charge in [0.15, 0.2) is 9.84 Å². The van der Waals surface area contributed by atoms with E-state index in [0.29, 0.717) is 17.2 Å². The number of benzene rings is 1. The van der Waals surface area contributed by atoms with Gasteiger partial charge >= 0.3 is 0 Å². The van der Waals surface area contributed by atoms with Gasteiger partial charge in [-0.1, -0.05) is 12.1 Å². The topological polar surface area (TPSA) is 89.5 Å². The van der Waals surface area contributed by atoms with Crippen molar-refractivity contribution in [2.45, 2.75) is 21.3 Å². The van der Waals surface area contributed by atoms with Crippen molar-refractivity contribution in [1.82, 2.24) is 4.72 Å². The van der Waals surface area contributed by atoms with Gasteiger partial charge in [-0.2, -0.15) is 0 Å². The third-order valence-corrected chi connectivity index (χ3v) is 10.0. The predicted octanol–water partition coefficient (Wildman–Crippen LogP) is 3.70. The summed E-state index contributed by atoms with van der Waals surface area (Å²) >= 11 is 2.40. The molecule has 3 aromatic rings. The average molecular weight is 458 g/mol. The maximum Gasteiger partial charge on any atom is 0.240 e. The summed E-state index contributed by atoms with van der Waals surface area (Å²) in [4.78, 5) is 0.636. The number of hydrogen-bond acceptors (Lipinski definition) is 7. The maximum atomic E-state index is 13.0. The molecule has 1 N–H and O–H groups in total. The second kappa shape index (κ2) is 8.75. The molecule has 6 nitrogen and oxygen atoms in total. The van der Waals surface area contributed by atoms with Crippen molar-refractivity contribution in [3.8, 4) is 5.75 Å². The summed E-state index contributed by atoms with van der Waals surface area (Å²) in [6.07, 6.45) is 0. The minimum atomic E-state index is -3.87. The van der Waals surface area contributed by atoms with Gasteiger partial charge in [0.25, 0.3) is 0 Å². The number of nitrogens with one attached hydrogen (secondary N) is 1. The lowest BCUT2D eigenvalue weighted by Crippen LogP contribution is -2.31. The van der Waals surface area contributed by atoms with E-state index in [1.54, 1.807) is 41.1 Å². The van der Waals surface area contributed by atoms with E-state index in [-0.39, 0.29) is 15.6 Å². The van der Waals surface area contributed by atoms with Crippen LogP contribution in [0.3, 0.4) is 0 Å². The van der Waals surface area contributed by atoms with Crippen molar-refractivity contribution in [2.24, 2.45) is 0 Å². The highest BCUT2D eigenvalue weighted by molar-refractivity contribution is 7.94. The van der Waals surface area contributed by atoms with Crippen LogP contribution in [-0.2, 0) is 19.9 Å². The Balaban J connectivity index is 1.84. The quantitative estimate of drug-likeness (QED) is 0.529. The molecule has 0 spiro atoms. The van der Waals surface area contributed by atoms with Crippen LogP contribution >= 0.6 is 22.7 Å². The molecule has 1 atom stereocenters. The summed E-state index contributed by atoms with van der Waals surface area (Å²) < 4.78 is 59.3. The Hall–Kier alpha value is -1.72. The highest BCUT2D eigenvalue weighted by atomic mass is 32.2. The summed E-state index contributed by atoms with van der Waals surface area (Å²) in [7, 11) is -7.59. The molecule has 0 amide bonds. The van der Waals surface area contributed by atoms with Crippen molar-refractivity contribution < 1.29 is 21.6 Å². The molecule has 0 aliphatic heterocycles. The Bertz CT molecular complexity index is 1090. The highest BCUT2D eigenvalue weighted by Gasteiger charge is 2.32. The lowest BCUT2D eigenvalue weighted by atomic mass is 10.3. The number of ether oxygens (including phenoxy) is 1. The Morgan fingerprint density at radius 3 is 2.21 bits per heavy atom. The first kappa shape index (κ1) is 21.0. The van der Waals surface area contributed by atoms with Crippen LogP contribution in [0.15, 0.2) is 68.4 Å². The van der Waals surface area contributed by atoms with Gasteiger partial charge in [-0.3, -0.25) is 0 Å². The summed E-state index contributed by atoms with van der Waals surface area (Å²) in [6.45, 7) is 2.06. The van der Waals surface area contributed by atoms with E-state index in [4.69, 9.17) is 4.74 Å². The van der Waals surface area contributed by atoms with E-state index in [1.165, 1.54) is 29.5 Å². The van der Waals surface area contributed by atoms with Gasteiger partial charge in [0.2, 0.25) is 10.0 Å². The zero-order chi connectivity index (χ0) is 20.2. The minimum absolute atomic E-state index is 0.0504. The van der Waals surface area contributed by atoms with Crippen LogP contribution in [0.1, 0.15) is 17.1 Å². The molecular formula is C18H19NO5S4. The number of sulfonamides is 1. The summed E-state index contributed by atoms with van der Waals surface area (Å²) in [5, 5.41) is 2.46. The molecule has 150 valence electrons. The van der Waals surface area contributed by atoms with Gasteiger partial charge < -0.3 is 4.74 Å². The van der Waals surface area contributed by atoms with Crippen molar-refractivity contribution >= 4 is 42.5 Å². The molecule has 0 fully saturated rings. The van der Waals surface area contributed by atoms with Crippen LogP contribution in [0.2, 0.25) is 0 Å². The second-order valence-electron chi connectivity index (χ2n) is 5.74. The summed E-state index contributed by atoms with van der Waals surface area (Å²) in [5.41, 5.74) is 0. The predicted molar refractivity (Wildman–Crippen MR) is 111 cm³/mol. The normalized spacial score (nSPS) is 13.3. The molecule has 0 aliphatic carbocycles. The van der Waals surface area contributed by atoms with Crippen LogP contribution in [0.4, 0.5) is 0 Å². The average Bonchev–Trinajstić information content (AvgIpc) is 3.37. The van der Waals surface area contributed by atoms with E-state index in [1.807, 2.05) is 6.92 Å². The van der Waals surface area contributed by atoms with Gasteiger partial charge in [0, 0.05) is 11.4 Å². The van der Waals surface area contributed by atoms with E-state index in [9.17, 15) is 16.8 Å². The smallest absolute Gasteiger partial charge is 0.240 e. The van der Waals surface area contributed by atoms with Crippen LogP contribution in [0, 0.1) is 0 Å². The summed E-state index contributed by atoms with van der Waals surface area (Å²) in [6, 6.07) is 12.6. The first-order chi connectivity index (χ1) is 13.3. The minimum Gasteiger partial charge on any atom is -0.494 e. The molecule has 0 bridgehead atoms. The summed E-state index contributed by atoms with van der Waals surface area (Å²) in [5.74, 6) is 0.568. The fourth-order valence-corrected chi connectivity index (χ4v) is 7.70. The molecule has 1 aromatic carbocycles. The van der Waals surface area contributed by atoms with Crippen molar-refractivity contribution in [3.05, 3.63) is 64.2 Å². The second-order valence-corrected chi connectivity index (χ2v) is 11.8. The van der Waals surface area contributed by atoms with E-state index in [0.717, 1.165) is 11.3 Å². The number of sulfone groups is 1. The number of thiophene rings is 2. The molecule has 2 heterocycles. The molecule has 0 saturated carbocycles. The van der Waals surface area contributed by atoms with Crippen LogP contribution in [0.25, 0.3) is 0 Å². The molecule has 3 rings (SSSR count). The van der Waals surface area contributed by atoms with E-state index < -0.39 is 25.1 Å². The molecule has 0 saturated heterocycles. The highest BCUT2D eigenvalue weighted by Crippen LogP contribution is 2.33.